The van der Waals surface area contributed by atoms with Gasteiger partial charge in [-0.2, -0.15) is 0 Å². The molecule has 1 N–H and O–H groups in total. The Kier molecular flexibility index (Phi) is 4.44. The van der Waals surface area contributed by atoms with Gasteiger partial charge in [-0.15, -0.1) is 0 Å². The van der Waals surface area contributed by atoms with E-state index in [1.165, 1.54) is 24.3 Å². The Balaban J connectivity index is 2.23. The van der Waals surface area contributed by atoms with Gasteiger partial charge in [-0.1, -0.05) is 18.2 Å². The smallest absolute Gasteiger partial charge is 0.311 e. The number of nitro benzene ring substituents is 1. The second-order valence-corrected chi connectivity index (χ2v) is 4.22. The molecule has 0 fully saturated rings. The van der Waals surface area contributed by atoms with Gasteiger partial charge in [-0.05, 0) is 17.7 Å². The summed E-state index contributed by atoms with van der Waals surface area (Å²) in [7, 11) is 0. The van der Waals surface area contributed by atoms with Crippen LogP contribution in [0, 0.1) is 21.7 Å². The van der Waals surface area contributed by atoms with E-state index >= 15 is 0 Å². The summed E-state index contributed by atoms with van der Waals surface area (Å²) in [6, 6.07) is 7.53. The number of hydrogen-bond donors (Lipinski definition) is 1. The molecule has 0 saturated heterocycles. The first-order chi connectivity index (χ1) is 10.0. The van der Waals surface area contributed by atoms with Crippen molar-refractivity contribution in [3.05, 3.63) is 69.3 Å². The van der Waals surface area contributed by atoms with Gasteiger partial charge in [0.15, 0.2) is 17.4 Å². The van der Waals surface area contributed by atoms with Crippen LogP contribution in [0.15, 0.2) is 36.4 Å². The van der Waals surface area contributed by atoms with Gasteiger partial charge in [0.25, 0.3) is 0 Å². The van der Waals surface area contributed by atoms with Crippen LogP contribution >= 0.6 is 0 Å². The lowest BCUT2D eigenvalue weighted by molar-refractivity contribution is -0.386. The van der Waals surface area contributed by atoms with Gasteiger partial charge >= 0.3 is 5.69 Å². The predicted octanol–water partition coefficient (Wildman–Crippen LogP) is 2.94. The van der Waals surface area contributed by atoms with Gasteiger partial charge < -0.3 is 9.84 Å². The van der Waals surface area contributed by atoms with E-state index in [9.17, 15) is 18.9 Å². The van der Waals surface area contributed by atoms with E-state index in [0.29, 0.717) is 5.56 Å². The quantitative estimate of drug-likeness (QED) is 0.680. The maximum Gasteiger partial charge on any atom is 0.311 e. The number of aliphatic hydroxyl groups excluding tert-OH is 1. The van der Waals surface area contributed by atoms with Crippen molar-refractivity contribution in [1.29, 1.82) is 0 Å². The van der Waals surface area contributed by atoms with Gasteiger partial charge in [0, 0.05) is 11.6 Å². The third kappa shape index (κ3) is 3.32. The summed E-state index contributed by atoms with van der Waals surface area (Å²) in [6.07, 6.45) is 0. The van der Waals surface area contributed by atoms with Crippen molar-refractivity contribution in [2.45, 2.75) is 13.2 Å². The largest absolute Gasteiger partial charge is 0.482 e. The van der Waals surface area contributed by atoms with E-state index < -0.39 is 16.6 Å². The van der Waals surface area contributed by atoms with E-state index in [1.54, 1.807) is 0 Å². The minimum atomic E-state index is -1.05. The Bertz CT molecular complexity index is 676. The average molecular weight is 295 g/mol. The van der Waals surface area contributed by atoms with Gasteiger partial charge in [-0.25, -0.2) is 8.78 Å². The number of ether oxygens (including phenoxy) is 1. The molecule has 7 heteroatoms. The molecular weight excluding hydrogens is 284 g/mol. The first-order valence-electron chi connectivity index (χ1n) is 5.96. The van der Waals surface area contributed by atoms with E-state index in [0.717, 1.165) is 12.1 Å². The fourth-order valence-corrected chi connectivity index (χ4v) is 1.74. The van der Waals surface area contributed by atoms with Crippen LogP contribution in [0.5, 0.6) is 5.75 Å². The highest BCUT2D eigenvalue weighted by Gasteiger charge is 2.17. The van der Waals surface area contributed by atoms with Gasteiger partial charge in [-0.3, -0.25) is 10.1 Å². The second kappa shape index (κ2) is 6.27. The van der Waals surface area contributed by atoms with Crippen LogP contribution in [-0.2, 0) is 13.2 Å². The van der Waals surface area contributed by atoms with Crippen molar-refractivity contribution in [3.8, 4) is 5.75 Å². The van der Waals surface area contributed by atoms with Crippen molar-refractivity contribution >= 4 is 5.69 Å². The first-order valence-corrected chi connectivity index (χ1v) is 5.96. The van der Waals surface area contributed by atoms with Crippen LogP contribution in [0.25, 0.3) is 0 Å². The van der Waals surface area contributed by atoms with Crippen molar-refractivity contribution in [1.82, 2.24) is 0 Å². The summed E-state index contributed by atoms with van der Waals surface area (Å²) in [5.41, 5.74) is -0.0418. The average Bonchev–Trinajstić information content (AvgIpc) is 2.48. The van der Waals surface area contributed by atoms with E-state index in [4.69, 9.17) is 9.84 Å². The lowest BCUT2D eigenvalue weighted by Gasteiger charge is -2.08. The van der Waals surface area contributed by atoms with Crippen LogP contribution in [0.3, 0.4) is 0 Å². The summed E-state index contributed by atoms with van der Waals surface area (Å²) in [4.78, 5) is 10.3. The third-order valence-electron chi connectivity index (χ3n) is 2.82. The molecule has 0 unspecified atom stereocenters. The highest BCUT2D eigenvalue weighted by atomic mass is 19.2. The molecule has 2 aromatic carbocycles. The molecule has 0 bridgehead atoms. The molecule has 0 aromatic heterocycles. The lowest BCUT2D eigenvalue weighted by Crippen LogP contribution is -2.03. The van der Waals surface area contributed by atoms with Crippen molar-refractivity contribution in [3.63, 3.8) is 0 Å². The molecule has 2 rings (SSSR count). The SMILES string of the molecule is O=[N+]([O-])c1cc(CO)ccc1OCc1cccc(F)c1F. The van der Waals surface area contributed by atoms with Gasteiger partial charge in [0.05, 0.1) is 11.5 Å². The van der Waals surface area contributed by atoms with E-state index in [-0.39, 0.29) is 30.2 Å². The molecule has 2 aromatic rings. The van der Waals surface area contributed by atoms with Crippen LogP contribution in [0.2, 0.25) is 0 Å². The highest BCUT2D eigenvalue weighted by Crippen LogP contribution is 2.29. The number of hydrogen-bond acceptors (Lipinski definition) is 4. The number of aliphatic hydroxyl groups is 1. The van der Waals surface area contributed by atoms with E-state index in [2.05, 4.69) is 0 Å². The Morgan fingerprint density at radius 3 is 2.67 bits per heavy atom. The molecule has 0 atom stereocenters. The third-order valence-corrected chi connectivity index (χ3v) is 2.82. The molecule has 0 spiro atoms. The molecule has 0 amide bonds. The minimum Gasteiger partial charge on any atom is -0.482 e. The summed E-state index contributed by atoms with van der Waals surface area (Å²) in [6.45, 7) is -0.692. The molecule has 5 nitrogen and oxygen atoms in total. The summed E-state index contributed by atoms with van der Waals surface area (Å²) < 4.78 is 31.7. The molecule has 21 heavy (non-hydrogen) atoms. The van der Waals surface area contributed by atoms with Crippen LogP contribution in [0.4, 0.5) is 14.5 Å². The van der Waals surface area contributed by atoms with Crippen LogP contribution < -0.4 is 4.74 Å². The minimum absolute atomic E-state index is 0.0458. The number of nitro groups is 1. The standard InChI is InChI=1S/C14H11F2NO4/c15-11-3-1-2-10(14(11)16)8-21-13-5-4-9(7-18)6-12(13)17(19)20/h1-6,18H,7-8H2. The number of rotatable bonds is 5. The monoisotopic (exact) mass is 295 g/mol. The van der Waals surface area contributed by atoms with Crippen molar-refractivity contribution in [2.24, 2.45) is 0 Å². The molecule has 0 radical (unpaired) electrons. The summed E-state index contributed by atoms with van der Waals surface area (Å²) >= 11 is 0. The normalized spacial score (nSPS) is 10.4. The summed E-state index contributed by atoms with van der Waals surface area (Å²) in [5.74, 6) is -2.14. The van der Waals surface area contributed by atoms with Gasteiger partial charge in [0.2, 0.25) is 0 Å². The fourth-order valence-electron chi connectivity index (χ4n) is 1.74. The first kappa shape index (κ1) is 14.9. The van der Waals surface area contributed by atoms with Gasteiger partial charge in [0.1, 0.15) is 6.61 Å². The Hall–Kier alpha value is -2.54. The summed E-state index contributed by atoms with van der Waals surface area (Å²) in [5, 5.41) is 19.9. The number of nitrogens with zero attached hydrogens (tertiary/aromatic N) is 1. The Labute approximate surface area is 118 Å². The van der Waals surface area contributed by atoms with Crippen LogP contribution in [-0.4, -0.2) is 10.0 Å². The molecule has 0 heterocycles. The maximum atomic E-state index is 13.5. The van der Waals surface area contributed by atoms with Crippen molar-refractivity contribution < 1.29 is 23.5 Å². The highest BCUT2D eigenvalue weighted by molar-refractivity contribution is 5.48. The number of benzene rings is 2. The second-order valence-electron chi connectivity index (χ2n) is 4.22. The van der Waals surface area contributed by atoms with Crippen LogP contribution in [0.1, 0.15) is 11.1 Å². The van der Waals surface area contributed by atoms with Crippen molar-refractivity contribution in [2.75, 3.05) is 0 Å². The molecule has 0 aliphatic heterocycles. The zero-order valence-electron chi connectivity index (χ0n) is 10.8. The number of halogens is 2. The molecule has 110 valence electrons. The molecular formula is C14H11F2NO4. The Morgan fingerprint density at radius 2 is 2.00 bits per heavy atom. The topological polar surface area (TPSA) is 72.6 Å². The zero-order chi connectivity index (χ0) is 15.4. The predicted molar refractivity (Wildman–Crippen MR) is 69.7 cm³/mol. The molecule has 0 aliphatic rings. The Morgan fingerprint density at radius 1 is 1.24 bits per heavy atom. The fraction of sp³-hybridized carbons (Fsp3) is 0.143. The lowest BCUT2D eigenvalue weighted by atomic mass is 10.2. The zero-order valence-corrected chi connectivity index (χ0v) is 10.8. The maximum absolute atomic E-state index is 13.5. The van der Waals surface area contributed by atoms with E-state index in [1.807, 2.05) is 0 Å². The molecule has 0 aliphatic carbocycles. The molecule has 0 saturated carbocycles.